The third kappa shape index (κ3) is 2.90. The first kappa shape index (κ1) is 10.2. The third-order valence-corrected chi connectivity index (χ3v) is 1.79. The molecule has 0 aliphatic carbocycles. The average molecular weight is 193 g/mol. The fourth-order valence-electron chi connectivity index (χ4n) is 1.03. The predicted molar refractivity (Wildman–Crippen MR) is 50.9 cm³/mol. The average Bonchev–Trinajstić information content (AvgIpc) is 2.15. The molecule has 0 aliphatic rings. The molecule has 0 aromatic heterocycles. The van der Waals surface area contributed by atoms with Crippen molar-refractivity contribution in [1.29, 1.82) is 0 Å². The molecule has 0 spiro atoms. The summed E-state index contributed by atoms with van der Waals surface area (Å²) in [7, 11) is 0. The zero-order chi connectivity index (χ0) is 10.6. The Morgan fingerprint density at radius 1 is 1.14 bits per heavy atom. The molecule has 0 atom stereocenters. The summed E-state index contributed by atoms with van der Waals surface area (Å²) in [5.74, 6) is -0.530. The first-order chi connectivity index (χ1) is 6.59. The molecule has 1 amide bonds. The van der Waals surface area contributed by atoms with Crippen molar-refractivity contribution < 1.29 is 14.7 Å². The number of phenolic OH excluding ortho intramolecular Hbond substituents is 1. The largest absolute Gasteiger partial charge is 0.508 e. The van der Waals surface area contributed by atoms with Crippen LogP contribution in [0.3, 0.4) is 0 Å². The number of ketones is 1. The molecule has 1 aromatic carbocycles. The lowest BCUT2D eigenvalue weighted by atomic mass is 10.1. The van der Waals surface area contributed by atoms with Gasteiger partial charge in [0.15, 0.2) is 5.78 Å². The van der Waals surface area contributed by atoms with Crippen LogP contribution < -0.4 is 5.73 Å². The van der Waals surface area contributed by atoms with Crippen molar-refractivity contribution in [3.63, 3.8) is 0 Å². The highest BCUT2D eigenvalue weighted by molar-refractivity contribution is 5.97. The summed E-state index contributed by atoms with van der Waals surface area (Å²) in [6, 6.07) is 5.88. The highest BCUT2D eigenvalue weighted by atomic mass is 16.3. The van der Waals surface area contributed by atoms with Gasteiger partial charge in [-0.05, 0) is 24.3 Å². The van der Waals surface area contributed by atoms with Crippen molar-refractivity contribution in [2.45, 2.75) is 12.8 Å². The van der Waals surface area contributed by atoms with Gasteiger partial charge in [0.05, 0.1) is 0 Å². The van der Waals surface area contributed by atoms with Crippen LogP contribution in [0, 0.1) is 0 Å². The monoisotopic (exact) mass is 193 g/mol. The van der Waals surface area contributed by atoms with Gasteiger partial charge < -0.3 is 10.8 Å². The number of amides is 1. The van der Waals surface area contributed by atoms with E-state index in [9.17, 15) is 9.59 Å². The van der Waals surface area contributed by atoms with Gasteiger partial charge in [0.1, 0.15) is 5.75 Å². The van der Waals surface area contributed by atoms with E-state index in [-0.39, 0.29) is 24.4 Å². The summed E-state index contributed by atoms with van der Waals surface area (Å²) in [5, 5.41) is 8.97. The van der Waals surface area contributed by atoms with E-state index in [2.05, 4.69) is 0 Å². The number of phenols is 1. The number of carbonyl (C=O) groups is 2. The summed E-state index contributed by atoms with van der Waals surface area (Å²) < 4.78 is 0. The highest BCUT2D eigenvalue weighted by Crippen LogP contribution is 2.11. The molecule has 4 nitrogen and oxygen atoms in total. The number of aromatic hydroxyl groups is 1. The van der Waals surface area contributed by atoms with E-state index < -0.39 is 5.91 Å². The highest BCUT2D eigenvalue weighted by Gasteiger charge is 2.06. The summed E-state index contributed by atoms with van der Waals surface area (Å²) in [6.45, 7) is 0. The van der Waals surface area contributed by atoms with Gasteiger partial charge in [0.2, 0.25) is 5.91 Å². The van der Waals surface area contributed by atoms with Gasteiger partial charge in [0, 0.05) is 18.4 Å². The van der Waals surface area contributed by atoms with Gasteiger partial charge in [-0.1, -0.05) is 0 Å². The number of Topliss-reactive ketones (excluding diaryl/α,β-unsaturated/α-hetero) is 1. The lowest BCUT2D eigenvalue weighted by Gasteiger charge is -1.99. The molecule has 0 saturated carbocycles. The SMILES string of the molecule is NC(=O)CCC(=O)c1ccc(O)cc1. The Kier molecular flexibility index (Phi) is 3.23. The van der Waals surface area contributed by atoms with E-state index in [0.29, 0.717) is 5.56 Å². The van der Waals surface area contributed by atoms with Crippen molar-refractivity contribution >= 4 is 11.7 Å². The van der Waals surface area contributed by atoms with Crippen LogP contribution in [0.2, 0.25) is 0 Å². The number of hydrogen-bond acceptors (Lipinski definition) is 3. The van der Waals surface area contributed by atoms with Crippen LogP contribution in [0.15, 0.2) is 24.3 Å². The number of benzene rings is 1. The zero-order valence-electron chi connectivity index (χ0n) is 7.56. The van der Waals surface area contributed by atoms with Crippen molar-refractivity contribution in [3.05, 3.63) is 29.8 Å². The normalized spacial score (nSPS) is 9.71. The Morgan fingerprint density at radius 3 is 2.21 bits per heavy atom. The maximum atomic E-state index is 11.4. The van der Waals surface area contributed by atoms with Crippen LogP contribution in [0.25, 0.3) is 0 Å². The van der Waals surface area contributed by atoms with Crippen LogP contribution in [0.5, 0.6) is 5.75 Å². The van der Waals surface area contributed by atoms with Gasteiger partial charge in [-0.25, -0.2) is 0 Å². The van der Waals surface area contributed by atoms with E-state index in [0.717, 1.165) is 0 Å². The Balaban J connectivity index is 2.61. The topological polar surface area (TPSA) is 80.4 Å². The number of carbonyl (C=O) groups excluding carboxylic acids is 2. The van der Waals surface area contributed by atoms with E-state index in [4.69, 9.17) is 10.8 Å². The fraction of sp³-hybridized carbons (Fsp3) is 0.200. The van der Waals surface area contributed by atoms with E-state index >= 15 is 0 Å². The molecule has 1 aromatic rings. The summed E-state index contributed by atoms with van der Waals surface area (Å²) in [4.78, 5) is 21.8. The molecule has 0 radical (unpaired) electrons. The molecular formula is C10H11NO3. The molecule has 0 aliphatic heterocycles. The second-order valence-electron chi connectivity index (χ2n) is 2.94. The summed E-state index contributed by atoms with van der Waals surface area (Å²) in [5.41, 5.74) is 5.39. The van der Waals surface area contributed by atoms with Crippen molar-refractivity contribution in [2.24, 2.45) is 5.73 Å². The molecule has 14 heavy (non-hydrogen) atoms. The lowest BCUT2D eigenvalue weighted by Crippen LogP contribution is -2.12. The van der Waals surface area contributed by atoms with E-state index in [1.54, 1.807) is 0 Å². The third-order valence-electron chi connectivity index (χ3n) is 1.79. The van der Waals surface area contributed by atoms with Gasteiger partial charge in [-0.3, -0.25) is 9.59 Å². The smallest absolute Gasteiger partial charge is 0.217 e. The Morgan fingerprint density at radius 2 is 1.71 bits per heavy atom. The molecule has 0 unspecified atom stereocenters. The van der Waals surface area contributed by atoms with Crippen LogP contribution in [0.4, 0.5) is 0 Å². The minimum absolute atomic E-state index is 0.0553. The number of primary amides is 1. The van der Waals surface area contributed by atoms with Crippen LogP contribution in [0.1, 0.15) is 23.2 Å². The number of hydrogen-bond donors (Lipinski definition) is 2. The standard InChI is InChI=1S/C10H11NO3/c11-10(14)6-5-9(13)7-1-3-8(12)4-2-7/h1-4,12H,5-6H2,(H2,11,14). The quantitative estimate of drug-likeness (QED) is 0.695. The summed E-state index contributed by atoms with van der Waals surface area (Å²) >= 11 is 0. The maximum absolute atomic E-state index is 11.4. The van der Waals surface area contributed by atoms with Crippen LogP contribution in [-0.2, 0) is 4.79 Å². The maximum Gasteiger partial charge on any atom is 0.217 e. The fourth-order valence-corrected chi connectivity index (χ4v) is 1.03. The second-order valence-corrected chi connectivity index (χ2v) is 2.94. The molecule has 0 bridgehead atoms. The van der Waals surface area contributed by atoms with Crippen LogP contribution in [-0.4, -0.2) is 16.8 Å². The molecule has 0 fully saturated rings. The Bertz CT molecular complexity index is 343. The van der Waals surface area contributed by atoms with Gasteiger partial charge in [-0.2, -0.15) is 0 Å². The van der Waals surface area contributed by atoms with E-state index in [1.165, 1.54) is 24.3 Å². The molecule has 74 valence electrons. The molecule has 0 heterocycles. The molecule has 4 heteroatoms. The van der Waals surface area contributed by atoms with Crippen molar-refractivity contribution in [3.8, 4) is 5.75 Å². The van der Waals surface area contributed by atoms with Gasteiger partial charge in [0.25, 0.3) is 0 Å². The predicted octanol–water partition coefficient (Wildman–Crippen LogP) is 0.840. The minimum Gasteiger partial charge on any atom is -0.508 e. The van der Waals surface area contributed by atoms with Gasteiger partial charge in [-0.15, -0.1) is 0 Å². The second kappa shape index (κ2) is 4.41. The zero-order valence-corrected chi connectivity index (χ0v) is 7.56. The first-order valence-electron chi connectivity index (χ1n) is 4.20. The molecule has 3 N–H and O–H groups in total. The number of rotatable bonds is 4. The van der Waals surface area contributed by atoms with Crippen molar-refractivity contribution in [1.82, 2.24) is 0 Å². The molecule has 0 saturated heterocycles. The number of nitrogens with two attached hydrogens (primary N) is 1. The van der Waals surface area contributed by atoms with Crippen molar-refractivity contribution in [2.75, 3.05) is 0 Å². The lowest BCUT2D eigenvalue weighted by molar-refractivity contribution is -0.118. The van der Waals surface area contributed by atoms with Crippen LogP contribution >= 0.6 is 0 Å². The minimum atomic E-state index is -0.489. The Labute approximate surface area is 81.3 Å². The summed E-state index contributed by atoms with van der Waals surface area (Å²) in [6.07, 6.45) is 0.166. The Hall–Kier alpha value is -1.84. The molecular weight excluding hydrogens is 182 g/mol. The first-order valence-corrected chi connectivity index (χ1v) is 4.20. The molecule has 1 rings (SSSR count). The van der Waals surface area contributed by atoms with E-state index in [1.807, 2.05) is 0 Å². The van der Waals surface area contributed by atoms with Gasteiger partial charge >= 0.3 is 0 Å².